The first-order valence-electron chi connectivity index (χ1n) is 7.82. The lowest BCUT2D eigenvalue weighted by Crippen LogP contribution is -2.40. The fourth-order valence-electron chi connectivity index (χ4n) is 3.86. The standard InChI is InChI=1S/C15H21N5O/c1-10-8-18(2)9-13-17-14-12(15(21)19(10)13)7-16-20(14)11-5-3-4-6-11/h7,10-11H,3-6,8-9H2,1-2H3. The Morgan fingerprint density at radius 3 is 2.81 bits per heavy atom. The van der Waals surface area contributed by atoms with Gasteiger partial charge in [-0.1, -0.05) is 12.8 Å². The number of hydrogen-bond acceptors (Lipinski definition) is 4. The Morgan fingerprint density at radius 1 is 1.29 bits per heavy atom. The molecule has 0 N–H and O–H groups in total. The topological polar surface area (TPSA) is 56.0 Å². The summed E-state index contributed by atoms with van der Waals surface area (Å²) in [7, 11) is 2.07. The van der Waals surface area contributed by atoms with E-state index in [1.165, 1.54) is 12.8 Å². The predicted molar refractivity (Wildman–Crippen MR) is 80.3 cm³/mol. The molecule has 2 aliphatic rings. The zero-order valence-electron chi connectivity index (χ0n) is 12.6. The quantitative estimate of drug-likeness (QED) is 0.801. The fourth-order valence-corrected chi connectivity index (χ4v) is 3.86. The van der Waals surface area contributed by atoms with E-state index in [2.05, 4.69) is 24.0 Å². The van der Waals surface area contributed by atoms with Crippen LogP contribution in [0.4, 0.5) is 0 Å². The molecule has 0 spiro atoms. The molecule has 4 rings (SSSR count). The highest BCUT2D eigenvalue weighted by Crippen LogP contribution is 2.31. The van der Waals surface area contributed by atoms with Crippen molar-refractivity contribution in [3.63, 3.8) is 0 Å². The van der Waals surface area contributed by atoms with Crippen LogP contribution >= 0.6 is 0 Å². The summed E-state index contributed by atoms with van der Waals surface area (Å²) in [5, 5.41) is 5.15. The van der Waals surface area contributed by atoms with Gasteiger partial charge in [0.1, 0.15) is 11.2 Å². The molecule has 1 aliphatic heterocycles. The minimum atomic E-state index is 0.0693. The molecule has 0 radical (unpaired) electrons. The lowest BCUT2D eigenvalue weighted by molar-refractivity contribution is 0.222. The monoisotopic (exact) mass is 287 g/mol. The summed E-state index contributed by atoms with van der Waals surface area (Å²) in [6.07, 6.45) is 6.49. The molecule has 6 nitrogen and oxygen atoms in total. The van der Waals surface area contributed by atoms with E-state index < -0.39 is 0 Å². The van der Waals surface area contributed by atoms with Crippen LogP contribution in [0, 0.1) is 0 Å². The highest BCUT2D eigenvalue weighted by molar-refractivity contribution is 5.73. The maximum Gasteiger partial charge on any atom is 0.264 e. The van der Waals surface area contributed by atoms with Gasteiger partial charge >= 0.3 is 0 Å². The number of hydrogen-bond donors (Lipinski definition) is 0. The van der Waals surface area contributed by atoms with E-state index in [9.17, 15) is 4.79 Å². The van der Waals surface area contributed by atoms with Crippen molar-refractivity contribution >= 4 is 11.0 Å². The van der Waals surface area contributed by atoms with Crippen molar-refractivity contribution in [2.75, 3.05) is 13.6 Å². The van der Waals surface area contributed by atoms with Gasteiger partial charge in [-0.15, -0.1) is 0 Å². The van der Waals surface area contributed by atoms with Crippen LogP contribution in [0.3, 0.4) is 0 Å². The largest absolute Gasteiger partial charge is 0.297 e. The molecule has 1 atom stereocenters. The number of fused-ring (bicyclic) bond motifs is 2. The Morgan fingerprint density at radius 2 is 2.05 bits per heavy atom. The van der Waals surface area contributed by atoms with E-state index in [0.29, 0.717) is 11.4 Å². The van der Waals surface area contributed by atoms with Crippen molar-refractivity contribution in [3.8, 4) is 0 Å². The number of likely N-dealkylation sites (N-methyl/N-ethyl adjacent to an activating group) is 1. The number of aromatic nitrogens is 4. The Kier molecular flexibility index (Phi) is 2.89. The van der Waals surface area contributed by atoms with Gasteiger partial charge in [-0.05, 0) is 26.8 Å². The molecule has 21 heavy (non-hydrogen) atoms. The van der Waals surface area contributed by atoms with Crippen LogP contribution in [-0.4, -0.2) is 37.8 Å². The summed E-state index contributed by atoms with van der Waals surface area (Å²) >= 11 is 0. The third-order valence-electron chi connectivity index (χ3n) is 4.83. The van der Waals surface area contributed by atoms with E-state index in [0.717, 1.165) is 37.4 Å². The van der Waals surface area contributed by atoms with Crippen molar-refractivity contribution in [2.24, 2.45) is 0 Å². The molecule has 3 heterocycles. The van der Waals surface area contributed by atoms with Gasteiger partial charge in [0.15, 0.2) is 5.65 Å². The molecule has 2 aromatic rings. The molecule has 0 amide bonds. The predicted octanol–water partition coefficient (Wildman–Crippen LogP) is 1.71. The molecular formula is C15H21N5O. The Balaban J connectivity index is 1.92. The molecule has 2 aromatic heterocycles. The minimum Gasteiger partial charge on any atom is -0.297 e. The van der Waals surface area contributed by atoms with Crippen LogP contribution < -0.4 is 5.56 Å². The first kappa shape index (κ1) is 13.0. The smallest absolute Gasteiger partial charge is 0.264 e. The molecule has 0 bridgehead atoms. The van der Waals surface area contributed by atoms with Crippen molar-refractivity contribution in [1.29, 1.82) is 0 Å². The summed E-state index contributed by atoms with van der Waals surface area (Å²) in [6, 6.07) is 0.578. The highest BCUT2D eigenvalue weighted by Gasteiger charge is 2.26. The van der Waals surface area contributed by atoms with Crippen molar-refractivity contribution < 1.29 is 0 Å². The third-order valence-corrected chi connectivity index (χ3v) is 4.83. The summed E-state index contributed by atoms with van der Waals surface area (Å²) in [6.45, 7) is 3.69. The Bertz CT molecular complexity index is 740. The lowest BCUT2D eigenvalue weighted by Gasteiger charge is -2.30. The summed E-state index contributed by atoms with van der Waals surface area (Å²) in [5.74, 6) is 0.869. The molecule has 0 saturated heterocycles. The van der Waals surface area contributed by atoms with Crippen LogP contribution in [0.15, 0.2) is 11.0 Å². The Labute approximate surface area is 123 Å². The van der Waals surface area contributed by atoms with Crippen LogP contribution in [0.2, 0.25) is 0 Å². The minimum absolute atomic E-state index is 0.0693. The number of nitrogens with zero attached hydrogens (tertiary/aromatic N) is 5. The van der Waals surface area contributed by atoms with Crippen LogP contribution in [0.25, 0.3) is 11.0 Å². The lowest BCUT2D eigenvalue weighted by atomic mass is 10.2. The molecule has 1 saturated carbocycles. The molecule has 1 fully saturated rings. The second kappa shape index (κ2) is 4.66. The Hall–Kier alpha value is -1.69. The maximum absolute atomic E-state index is 12.8. The molecule has 112 valence electrons. The second-order valence-electron chi connectivity index (χ2n) is 6.51. The normalized spacial score (nSPS) is 23.8. The first-order chi connectivity index (χ1) is 10.1. The van der Waals surface area contributed by atoms with Gasteiger partial charge in [0.05, 0.1) is 18.8 Å². The first-order valence-corrected chi connectivity index (χ1v) is 7.82. The van der Waals surface area contributed by atoms with Crippen LogP contribution in [-0.2, 0) is 6.54 Å². The van der Waals surface area contributed by atoms with Gasteiger partial charge in [0.25, 0.3) is 5.56 Å². The van der Waals surface area contributed by atoms with E-state index in [1.54, 1.807) is 6.20 Å². The van der Waals surface area contributed by atoms with Gasteiger partial charge in [-0.3, -0.25) is 14.3 Å². The van der Waals surface area contributed by atoms with Crippen LogP contribution in [0.5, 0.6) is 0 Å². The molecule has 0 aromatic carbocycles. The second-order valence-corrected chi connectivity index (χ2v) is 6.51. The molecule has 6 heteroatoms. The maximum atomic E-state index is 12.8. The zero-order chi connectivity index (χ0) is 14.6. The van der Waals surface area contributed by atoms with Crippen molar-refractivity contribution in [1.82, 2.24) is 24.2 Å². The van der Waals surface area contributed by atoms with Gasteiger partial charge < -0.3 is 0 Å². The van der Waals surface area contributed by atoms with Crippen LogP contribution in [0.1, 0.15) is 50.5 Å². The molecular weight excluding hydrogens is 266 g/mol. The summed E-state index contributed by atoms with van der Waals surface area (Å²) in [5.41, 5.74) is 0.848. The zero-order valence-corrected chi connectivity index (χ0v) is 12.6. The van der Waals surface area contributed by atoms with Crippen molar-refractivity contribution in [2.45, 2.75) is 51.2 Å². The van der Waals surface area contributed by atoms with Gasteiger partial charge in [0.2, 0.25) is 0 Å². The summed E-state index contributed by atoms with van der Waals surface area (Å²) in [4.78, 5) is 19.8. The van der Waals surface area contributed by atoms with E-state index in [4.69, 9.17) is 4.98 Å². The average molecular weight is 287 g/mol. The molecule has 1 aliphatic carbocycles. The SMILES string of the molecule is CC1CN(C)Cc2nc3c(cnn3C3CCCC3)c(=O)n21. The van der Waals surface area contributed by atoms with Gasteiger partial charge in [0, 0.05) is 12.6 Å². The highest BCUT2D eigenvalue weighted by atomic mass is 16.1. The summed E-state index contributed by atoms with van der Waals surface area (Å²) < 4.78 is 3.84. The van der Waals surface area contributed by atoms with E-state index >= 15 is 0 Å². The fraction of sp³-hybridized carbons (Fsp3) is 0.667. The van der Waals surface area contributed by atoms with E-state index in [-0.39, 0.29) is 11.6 Å². The van der Waals surface area contributed by atoms with Gasteiger partial charge in [-0.2, -0.15) is 5.10 Å². The average Bonchev–Trinajstić information content (AvgIpc) is 3.05. The van der Waals surface area contributed by atoms with Gasteiger partial charge in [-0.25, -0.2) is 9.67 Å². The number of rotatable bonds is 1. The van der Waals surface area contributed by atoms with E-state index in [1.807, 2.05) is 9.25 Å². The van der Waals surface area contributed by atoms with Crippen molar-refractivity contribution in [3.05, 3.63) is 22.4 Å². The third kappa shape index (κ3) is 1.92. The molecule has 1 unspecified atom stereocenters.